The van der Waals surface area contributed by atoms with E-state index < -0.39 is 6.03 Å². The molecule has 0 spiro atoms. The largest absolute Gasteiger partial charge is 0.368 e. The van der Waals surface area contributed by atoms with Gasteiger partial charge in [-0.1, -0.05) is 24.3 Å². The van der Waals surface area contributed by atoms with E-state index in [2.05, 4.69) is 40.7 Å². The zero-order valence-electron chi connectivity index (χ0n) is 16.0. The van der Waals surface area contributed by atoms with E-state index in [1.165, 1.54) is 23.4 Å². The molecule has 0 atom stereocenters. The second kappa shape index (κ2) is 9.21. The molecule has 148 valence electrons. The molecule has 3 rings (SSSR count). The highest BCUT2D eigenvalue weighted by molar-refractivity contribution is 5.84. The number of amides is 3. The molecule has 28 heavy (non-hydrogen) atoms. The summed E-state index contributed by atoms with van der Waals surface area (Å²) >= 11 is 0. The Morgan fingerprint density at radius 3 is 2.39 bits per heavy atom. The Morgan fingerprint density at radius 2 is 1.71 bits per heavy atom. The van der Waals surface area contributed by atoms with Crippen LogP contribution in [0.4, 0.5) is 14.9 Å². The van der Waals surface area contributed by atoms with Gasteiger partial charge < -0.3 is 20.4 Å². The normalized spacial score (nSPS) is 13.9. The number of carbonyl (C=O) groups excluding carboxylic acids is 2. The van der Waals surface area contributed by atoms with Crippen molar-refractivity contribution in [2.75, 3.05) is 37.6 Å². The smallest absolute Gasteiger partial charge is 0.315 e. The van der Waals surface area contributed by atoms with Crippen LogP contribution in [0.3, 0.4) is 0 Å². The third kappa shape index (κ3) is 5.45. The quantitative estimate of drug-likeness (QED) is 0.831. The van der Waals surface area contributed by atoms with Crippen LogP contribution < -0.4 is 15.5 Å². The molecule has 1 aliphatic rings. The van der Waals surface area contributed by atoms with Crippen LogP contribution in [0.1, 0.15) is 11.1 Å². The van der Waals surface area contributed by atoms with Crippen LogP contribution in [0.25, 0.3) is 0 Å². The molecule has 2 aromatic rings. The van der Waals surface area contributed by atoms with Crippen molar-refractivity contribution in [3.63, 3.8) is 0 Å². The van der Waals surface area contributed by atoms with E-state index in [4.69, 9.17) is 0 Å². The molecule has 6 nitrogen and oxygen atoms in total. The van der Waals surface area contributed by atoms with E-state index in [-0.39, 0.29) is 24.8 Å². The molecule has 0 saturated carbocycles. The van der Waals surface area contributed by atoms with Gasteiger partial charge in [0.05, 0.1) is 6.54 Å². The minimum Gasteiger partial charge on any atom is -0.368 e. The summed E-state index contributed by atoms with van der Waals surface area (Å²) in [4.78, 5) is 28.2. The zero-order valence-corrected chi connectivity index (χ0v) is 16.0. The Morgan fingerprint density at radius 1 is 1.00 bits per heavy atom. The number of benzene rings is 2. The van der Waals surface area contributed by atoms with Crippen LogP contribution in [0.5, 0.6) is 0 Å². The SMILES string of the molecule is Cc1cccc(N2CCN(C(=O)CNC(=O)NCc3ccc(F)cc3)CC2)c1. The van der Waals surface area contributed by atoms with Crippen molar-refractivity contribution in [2.24, 2.45) is 0 Å². The number of rotatable bonds is 5. The van der Waals surface area contributed by atoms with E-state index in [1.807, 2.05) is 6.07 Å². The van der Waals surface area contributed by atoms with Crippen molar-refractivity contribution in [1.82, 2.24) is 15.5 Å². The van der Waals surface area contributed by atoms with Gasteiger partial charge in [-0.25, -0.2) is 9.18 Å². The first-order valence-corrected chi connectivity index (χ1v) is 9.37. The highest BCUT2D eigenvalue weighted by atomic mass is 19.1. The summed E-state index contributed by atoms with van der Waals surface area (Å²) in [5.41, 5.74) is 3.17. The molecule has 0 aliphatic carbocycles. The van der Waals surface area contributed by atoms with Crippen LogP contribution in [0, 0.1) is 12.7 Å². The molecule has 2 aromatic carbocycles. The Hall–Kier alpha value is -3.09. The standard InChI is InChI=1S/C21H25FN4O2/c1-16-3-2-4-19(13-16)25-9-11-26(12-10-25)20(27)15-24-21(28)23-14-17-5-7-18(22)8-6-17/h2-8,13H,9-12,14-15H2,1H3,(H2,23,24,28). The lowest BCUT2D eigenvalue weighted by Gasteiger charge is -2.36. The number of halogens is 1. The Bertz CT molecular complexity index is 817. The van der Waals surface area contributed by atoms with Crippen LogP contribution in [0.2, 0.25) is 0 Å². The van der Waals surface area contributed by atoms with E-state index in [1.54, 1.807) is 17.0 Å². The molecule has 0 unspecified atom stereocenters. The van der Waals surface area contributed by atoms with Gasteiger partial charge >= 0.3 is 6.03 Å². The fourth-order valence-electron chi connectivity index (χ4n) is 3.15. The molecule has 1 aliphatic heterocycles. The highest BCUT2D eigenvalue weighted by Gasteiger charge is 2.21. The number of nitrogens with one attached hydrogen (secondary N) is 2. The number of hydrogen-bond donors (Lipinski definition) is 2. The Kier molecular flexibility index (Phi) is 6.47. The summed E-state index contributed by atoms with van der Waals surface area (Å²) in [6.45, 7) is 5.10. The first-order valence-electron chi connectivity index (χ1n) is 9.37. The van der Waals surface area contributed by atoms with Crippen molar-refractivity contribution in [3.05, 3.63) is 65.5 Å². The van der Waals surface area contributed by atoms with Gasteiger partial charge in [-0.2, -0.15) is 0 Å². The number of aryl methyl sites for hydroxylation is 1. The van der Waals surface area contributed by atoms with Gasteiger partial charge in [-0.3, -0.25) is 4.79 Å². The highest BCUT2D eigenvalue weighted by Crippen LogP contribution is 2.17. The topological polar surface area (TPSA) is 64.7 Å². The van der Waals surface area contributed by atoms with Gasteiger partial charge in [0.1, 0.15) is 5.82 Å². The molecule has 3 amide bonds. The summed E-state index contributed by atoms with van der Waals surface area (Å²) in [5, 5.41) is 5.24. The van der Waals surface area contributed by atoms with Crippen molar-refractivity contribution in [3.8, 4) is 0 Å². The van der Waals surface area contributed by atoms with Crippen molar-refractivity contribution < 1.29 is 14.0 Å². The summed E-state index contributed by atoms with van der Waals surface area (Å²) in [7, 11) is 0. The molecular formula is C21H25FN4O2. The van der Waals surface area contributed by atoms with Crippen molar-refractivity contribution in [1.29, 1.82) is 0 Å². The van der Waals surface area contributed by atoms with Crippen molar-refractivity contribution >= 4 is 17.6 Å². The maximum absolute atomic E-state index is 12.9. The molecular weight excluding hydrogens is 359 g/mol. The maximum Gasteiger partial charge on any atom is 0.315 e. The number of hydrogen-bond acceptors (Lipinski definition) is 3. The van der Waals surface area contributed by atoms with E-state index in [9.17, 15) is 14.0 Å². The predicted molar refractivity (Wildman–Crippen MR) is 107 cm³/mol. The number of piperazine rings is 1. The van der Waals surface area contributed by atoms with Gasteiger partial charge in [0, 0.05) is 38.4 Å². The molecule has 0 aromatic heterocycles. The summed E-state index contributed by atoms with van der Waals surface area (Å²) in [6.07, 6.45) is 0. The number of urea groups is 1. The molecule has 1 heterocycles. The second-order valence-corrected chi connectivity index (χ2v) is 6.87. The van der Waals surface area contributed by atoms with E-state index in [0.717, 1.165) is 18.7 Å². The van der Waals surface area contributed by atoms with E-state index >= 15 is 0 Å². The molecule has 1 fully saturated rings. The number of carbonyl (C=O) groups is 2. The predicted octanol–water partition coefficient (Wildman–Crippen LogP) is 2.28. The summed E-state index contributed by atoms with van der Waals surface area (Å²) in [5.74, 6) is -0.415. The second-order valence-electron chi connectivity index (χ2n) is 6.87. The third-order valence-electron chi connectivity index (χ3n) is 4.77. The molecule has 1 saturated heterocycles. The Labute approximate surface area is 164 Å². The summed E-state index contributed by atoms with van der Waals surface area (Å²) in [6, 6.07) is 13.8. The molecule has 0 bridgehead atoms. The number of anilines is 1. The molecule has 0 radical (unpaired) electrons. The lowest BCUT2D eigenvalue weighted by Crippen LogP contribution is -2.52. The van der Waals surface area contributed by atoms with Crippen LogP contribution in [-0.2, 0) is 11.3 Å². The first kappa shape index (κ1) is 19.7. The van der Waals surface area contributed by atoms with Gasteiger partial charge in [0.2, 0.25) is 5.91 Å². The first-order chi connectivity index (χ1) is 13.5. The van der Waals surface area contributed by atoms with Gasteiger partial charge in [-0.15, -0.1) is 0 Å². The van der Waals surface area contributed by atoms with E-state index in [0.29, 0.717) is 13.1 Å². The van der Waals surface area contributed by atoms with Crippen molar-refractivity contribution in [2.45, 2.75) is 13.5 Å². The monoisotopic (exact) mass is 384 g/mol. The lowest BCUT2D eigenvalue weighted by molar-refractivity contribution is -0.130. The van der Waals surface area contributed by atoms with Gasteiger partial charge in [0.25, 0.3) is 0 Å². The lowest BCUT2D eigenvalue weighted by atomic mass is 10.2. The average molecular weight is 384 g/mol. The van der Waals surface area contributed by atoms with Gasteiger partial charge in [-0.05, 0) is 42.3 Å². The zero-order chi connectivity index (χ0) is 19.9. The minimum absolute atomic E-state index is 0.0420. The fraction of sp³-hybridized carbons (Fsp3) is 0.333. The fourth-order valence-corrected chi connectivity index (χ4v) is 3.15. The average Bonchev–Trinajstić information content (AvgIpc) is 2.71. The van der Waals surface area contributed by atoms with Crippen LogP contribution in [-0.4, -0.2) is 49.6 Å². The molecule has 7 heteroatoms. The number of nitrogens with zero attached hydrogens (tertiary/aromatic N) is 2. The maximum atomic E-state index is 12.9. The molecule has 2 N–H and O–H groups in total. The van der Waals surface area contributed by atoms with Crippen LogP contribution in [0.15, 0.2) is 48.5 Å². The minimum atomic E-state index is -0.420. The Balaban J connectivity index is 1.38. The van der Waals surface area contributed by atoms with Gasteiger partial charge in [0.15, 0.2) is 0 Å². The third-order valence-corrected chi connectivity index (χ3v) is 4.77. The van der Waals surface area contributed by atoms with Crippen LogP contribution >= 0.6 is 0 Å². The summed E-state index contributed by atoms with van der Waals surface area (Å²) < 4.78 is 12.9.